The minimum atomic E-state index is -0.376. The first kappa shape index (κ1) is 16.9. The van der Waals surface area contributed by atoms with Gasteiger partial charge in [-0.15, -0.1) is 0 Å². The number of hydrogen-bond acceptors (Lipinski definition) is 5. The van der Waals surface area contributed by atoms with Crippen LogP contribution in [0.4, 0.5) is 0 Å². The monoisotopic (exact) mass is 306 g/mol. The van der Waals surface area contributed by atoms with E-state index >= 15 is 0 Å². The summed E-state index contributed by atoms with van der Waals surface area (Å²) in [6.45, 7) is 5.98. The first-order valence-electron chi connectivity index (χ1n) is 6.19. The van der Waals surface area contributed by atoms with Gasteiger partial charge in [0.1, 0.15) is 12.2 Å². The molecule has 8 heteroatoms. The maximum Gasteiger partial charge on any atom is 0.271 e. The zero-order chi connectivity index (χ0) is 15.0. The Labute approximate surface area is 123 Å². The molecule has 7 nitrogen and oxygen atoms in total. The maximum atomic E-state index is 11.8. The van der Waals surface area contributed by atoms with Crippen molar-refractivity contribution in [1.29, 1.82) is 0 Å². The molecule has 0 bridgehead atoms. The van der Waals surface area contributed by atoms with Crippen molar-refractivity contribution in [2.24, 2.45) is 0 Å². The average Bonchev–Trinajstić information content (AvgIpc) is 2.44. The summed E-state index contributed by atoms with van der Waals surface area (Å²) in [6, 6.07) is 0. The smallest absolute Gasteiger partial charge is 0.271 e. The van der Waals surface area contributed by atoms with E-state index in [0.29, 0.717) is 39.6 Å². The Balaban J connectivity index is 2.14. The van der Waals surface area contributed by atoms with Gasteiger partial charge in [-0.25, -0.2) is 4.42 Å². The van der Waals surface area contributed by atoms with Crippen LogP contribution in [0.3, 0.4) is 0 Å². The standard InChI is InChI=1S/C12H19ClN2O5/c1-10-12(17)14(9-11(16)15(10)13)3-4-19-7-8-20-6-5-18-2/h1,3-9H2,2H3. The van der Waals surface area contributed by atoms with Gasteiger partial charge >= 0.3 is 0 Å². The molecule has 0 aromatic rings. The predicted octanol–water partition coefficient (Wildman–Crippen LogP) is 0.00430. The fourth-order valence-electron chi connectivity index (χ4n) is 1.53. The van der Waals surface area contributed by atoms with Gasteiger partial charge in [-0.2, -0.15) is 0 Å². The summed E-state index contributed by atoms with van der Waals surface area (Å²) < 4.78 is 16.1. The second-order valence-electron chi connectivity index (χ2n) is 4.07. The van der Waals surface area contributed by atoms with Crippen molar-refractivity contribution in [3.63, 3.8) is 0 Å². The quantitative estimate of drug-likeness (QED) is 0.341. The molecule has 1 saturated heterocycles. The highest BCUT2D eigenvalue weighted by Crippen LogP contribution is 2.16. The molecule has 2 amide bonds. The van der Waals surface area contributed by atoms with Gasteiger partial charge in [0.2, 0.25) is 0 Å². The number of carbonyl (C=O) groups is 2. The number of rotatable bonds is 9. The van der Waals surface area contributed by atoms with Crippen molar-refractivity contribution in [3.05, 3.63) is 12.3 Å². The van der Waals surface area contributed by atoms with Crippen LogP contribution in [0, 0.1) is 0 Å². The summed E-state index contributed by atoms with van der Waals surface area (Å²) in [5.41, 5.74) is -0.0363. The molecule has 0 saturated carbocycles. The van der Waals surface area contributed by atoms with E-state index in [4.69, 9.17) is 26.0 Å². The fraction of sp³-hybridized carbons (Fsp3) is 0.667. The fourth-order valence-corrected chi connectivity index (χ4v) is 1.66. The SMILES string of the molecule is C=C1C(=O)N(CCOCCOCCOC)CC(=O)N1Cl. The molecule has 0 unspecified atom stereocenters. The molecule has 1 aliphatic heterocycles. The van der Waals surface area contributed by atoms with E-state index in [1.165, 1.54) is 4.90 Å². The normalized spacial score (nSPS) is 16.2. The molecular formula is C12H19ClN2O5. The summed E-state index contributed by atoms with van der Waals surface area (Å²) in [7, 11) is 1.60. The van der Waals surface area contributed by atoms with Crippen molar-refractivity contribution >= 4 is 23.6 Å². The Kier molecular flexibility index (Phi) is 7.53. The largest absolute Gasteiger partial charge is 0.382 e. The zero-order valence-electron chi connectivity index (χ0n) is 11.5. The molecular weight excluding hydrogens is 288 g/mol. The molecule has 1 rings (SSSR count). The molecule has 0 aromatic heterocycles. The third-order valence-electron chi connectivity index (χ3n) is 2.63. The Morgan fingerprint density at radius 3 is 2.40 bits per heavy atom. The molecule has 1 fully saturated rings. The van der Waals surface area contributed by atoms with E-state index in [0.717, 1.165) is 4.42 Å². The number of hydrogen-bond donors (Lipinski definition) is 0. The summed E-state index contributed by atoms with van der Waals surface area (Å²) in [4.78, 5) is 24.6. The lowest BCUT2D eigenvalue weighted by atomic mass is 10.3. The van der Waals surface area contributed by atoms with E-state index in [1.807, 2.05) is 0 Å². The highest BCUT2D eigenvalue weighted by molar-refractivity contribution is 6.27. The van der Waals surface area contributed by atoms with Gasteiger partial charge in [0, 0.05) is 25.4 Å². The van der Waals surface area contributed by atoms with Crippen LogP contribution >= 0.6 is 11.8 Å². The Hall–Kier alpha value is -1.15. The van der Waals surface area contributed by atoms with Crippen molar-refractivity contribution in [2.75, 3.05) is 53.2 Å². The number of ether oxygens (including phenoxy) is 3. The molecule has 1 heterocycles. The Bertz CT molecular complexity index is 364. The van der Waals surface area contributed by atoms with Crippen molar-refractivity contribution in [3.8, 4) is 0 Å². The van der Waals surface area contributed by atoms with Crippen molar-refractivity contribution < 1.29 is 23.8 Å². The number of amides is 2. The first-order chi connectivity index (χ1) is 9.57. The molecule has 0 spiro atoms. The minimum absolute atomic E-state index is 0.0363. The van der Waals surface area contributed by atoms with Crippen LogP contribution in [-0.2, 0) is 23.8 Å². The lowest BCUT2D eigenvalue weighted by Gasteiger charge is -2.31. The average molecular weight is 307 g/mol. The van der Waals surface area contributed by atoms with Crippen LogP contribution in [0.25, 0.3) is 0 Å². The lowest BCUT2D eigenvalue weighted by Crippen LogP contribution is -2.49. The Morgan fingerprint density at radius 2 is 1.75 bits per heavy atom. The number of methoxy groups -OCH3 is 1. The van der Waals surface area contributed by atoms with Gasteiger partial charge in [-0.1, -0.05) is 6.58 Å². The molecule has 20 heavy (non-hydrogen) atoms. The predicted molar refractivity (Wildman–Crippen MR) is 71.9 cm³/mol. The third-order valence-corrected chi connectivity index (χ3v) is 3.02. The van der Waals surface area contributed by atoms with Crippen LogP contribution in [0.15, 0.2) is 12.3 Å². The van der Waals surface area contributed by atoms with Crippen LogP contribution in [0.2, 0.25) is 0 Å². The van der Waals surface area contributed by atoms with Crippen LogP contribution < -0.4 is 0 Å². The van der Waals surface area contributed by atoms with E-state index < -0.39 is 0 Å². The van der Waals surface area contributed by atoms with E-state index in [1.54, 1.807) is 7.11 Å². The van der Waals surface area contributed by atoms with E-state index in [-0.39, 0.29) is 24.1 Å². The maximum absolute atomic E-state index is 11.8. The lowest BCUT2D eigenvalue weighted by molar-refractivity contribution is -0.142. The van der Waals surface area contributed by atoms with Crippen LogP contribution in [0.1, 0.15) is 0 Å². The molecule has 0 atom stereocenters. The molecule has 0 aromatic carbocycles. The molecule has 0 aliphatic carbocycles. The van der Waals surface area contributed by atoms with E-state index in [9.17, 15) is 9.59 Å². The molecule has 1 aliphatic rings. The number of nitrogens with zero attached hydrogens (tertiary/aromatic N) is 2. The topological polar surface area (TPSA) is 68.3 Å². The molecule has 0 N–H and O–H groups in total. The second-order valence-corrected chi connectivity index (χ2v) is 4.40. The number of carbonyl (C=O) groups excluding carboxylic acids is 2. The van der Waals surface area contributed by atoms with Crippen LogP contribution in [-0.4, -0.2) is 74.4 Å². The third kappa shape index (κ3) is 5.09. The van der Waals surface area contributed by atoms with Crippen molar-refractivity contribution in [1.82, 2.24) is 9.32 Å². The summed E-state index contributed by atoms with van der Waals surface area (Å²) >= 11 is 5.60. The zero-order valence-corrected chi connectivity index (χ0v) is 12.2. The van der Waals surface area contributed by atoms with Gasteiger partial charge in [0.25, 0.3) is 11.8 Å². The number of halogens is 1. The molecule has 0 radical (unpaired) electrons. The van der Waals surface area contributed by atoms with Crippen LogP contribution in [0.5, 0.6) is 0 Å². The van der Waals surface area contributed by atoms with Gasteiger partial charge in [-0.05, 0) is 0 Å². The first-order valence-corrected chi connectivity index (χ1v) is 6.53. The summed E-state index contributed by atoms with van der Waals surface area (Å²) in [6.07, 6.45) is 0. The Morgan fingerprint density at radius 1 is 1.15 bits per heavy atom. The highest BCUT2D eigenvalue weighted by Gasteiger charge is 2.32. The number of piperazine rings is 1. The summed E-state index contributed by atoms with van der Waals surface area (Å²) in [5, 5.41) is 0. The highest BCUT2D eigenvalue weighted by atomic mass is 35.5. The van der Waals surface area contributed by atoms with Gasteiger partial charge < -0.3 is 19.1 Å². The van der Waals surface area contributed by atoms with Gasteiger partial charge in [0.15, 0.2) is 0 Å². The second kappa shape index (κ2) is 8.91. The van der Waals surface area contributed by atoms with Gasteiger partial charge in [-0.3, -0.25) is 9.59 Å². The van der Waals surface area contributed by atoms with E-state index in [2.05, 4.69) is 6.58 Å². The van der Waals surface area contributed by atoms with Crippen molar-refractivity contribution in [2.45, 2.75) is 0 Å². The minimum Gasteiger partial charge on any atom is -0.382 e. The molecule has 114 valence electrons. The van der Waals surface area contributed by atoms with Gasteiger partial charge in [0.05, 0.1) is 33.0 Å². The summed E-state index contributed by atoms with van der Waals surface area (Å²) in [5.74, 6) is -0.737.